The second-order valence-electron chi connectivity index (χ2n) is 6.38. The normalized spacial score (nSPS) is 10.8. The third-order valence-corrected chi connectivity index (χ3v) is 4.61. The minimum absolute atomic E-state index is 0.0143. The highest BCUT2D eigenvalue weighted by molar-refractivity contribution is 6.31. The Morgan fingerprint density at radius 2 is 2.00 bits per heavy atom. The number of aromatic nitrogens is 2. The fourth-order valence-corrected chi connectivity index (χ4v) is 3.03. The molecule has 0 aliphatic heterocycles. The Morgan fingerprint density at radius 3 is 2.66 bits per heavy atom. The lowest BCUT2D eigenvalue weighted by atomic mass is 10.1. The molecule has 0 saturated carbocycles. The van der Waals surface area contributed by atoms with Crippen LogP contribution < -0.4 is 0 Å². The van der Waals surface area contributed by atoms with Crippen LogP contribution in [0.1, 0.15) is 15.9 Å². The lowest BCUT2D eigenvalue weighted by Gasteiger charge is -2.18. The zero-order valence-corrected chi connectivity index (χ0v) is 16.2. The molecule has 0 radical (unpaired) electrons. The van der Waals surface area contributed by atoms with E-state index >= 15 is 0 Å². The summed E-state index contributed by atoms with van der Waals surface area (Å²) < 4.78 is 28.8. The molecule has 0 aliphatic rings. The molecular weight excluding hydrogens is 406 g/mol. The van der Waals surface area contributed by atoms with E-state index in [4.69, 9.17) is 11.6 Å². The number of amides is 1. The first kappa shape index (κ1) is 20.4. The van der Waals surface area contributed by atoms with Gasteiger partial charge in [0.15, 0.2) is 0 Å². The highest BCUT2D eigenvalue weighted by atomic mass is 35.5. The minimum atomic E-state index is -0.845. The number of non-ortho nitro benzene ring substituents is 1. The molecule has 29 heavy (non-hydrogen) atoms. The molecule has 1 amide bonds. The summed E-state index contributed by atoms with van der Waals surface area (Å²) in [6.45, 7) is -0.0143. The lowest BCUT2D eigenvalue weighted by Crippen LogP contribution is -2.26. The number of nitrogens with zero attached hydrogens (tertiary/aromatic N) is 4. The van der Waals surface area contributed by atoms with Crippen molar-refractivity contribution in [3.8, 4) is 11.3 Å². The molecule has 0 spiro atoms. The quantitative estimate of drug-likeness (QED) is 0.457. The first-order valence-electron chi connectivity index (χ1n) is 8.34. The van der Waals surface area contributed by atoms with Gasteiger partial charge in [-0.15, -0.1) is 0 Å². The third kappa shape index (κ3) is 4.24. The molecule has 0 atom stereocenters. The highest BCUT2D eigenvalue weighted by Crippen LogP contribution is 2.28. The Morgan fingerprint density at radius 1 is 1.28 bits per heavy atom. The molecule has 7 nitrogen and oxygen atoms in total. The van der Waals surface area contributed by atoms with Crippen molar-refractivity contribution in [1.29, 1.82) is 0 Å². The summed E-state index contributed by atoms with van der Waals surface area (Å²) in [7, 11) is 3.05. The van der Waals surface area contributed by atoms with Crippen LogP contribution in [0.4, 0.5) is 14.5 Å². The van der Waals surface area contributed by atoms with Gasteiger partial charge in [-0.1, -0.05) is 11.6 Å². The molecule has 150 valence electrons. The maximum Gasteiger partial charge on any atom is 0.269 e. The zero-order valence-electron chi connectivity index (χ0n) is 15.4. The summed E-state index contributed by atoms with van der Waals surface area (Å²) in [5.74, 6) is -2.09. The van der Waals surface area contributed by atoms with Crippen LogP contribution in [-0.2, 0) is 13.6 Å². The van der Waals surface area contributed by atoms with Gasteiger partial charge in [0.25, 0.3) is 11.6 Å². The number of carbonyl (C=O) groups is 1. The minimum Gasteiger partial charge on any atom is -0.337 e. The average molecular weight is 421 g/mol. The maximum absolute atomic E-state index is 14.2. The maximum atomic E-state index is 14.2. The predicted octanol–water partition coefficient (Wildman–Crippen LogP) is 4.20. The van der Waals surface area contributed by atoms with Crippen molar-refractivity contribution in [1.82, 2.24) is 14.7 Å². The standard InChI is InChI=1S/C19H15ClF2N4O3/c1-24(9-11-7-13(26(28)29)4-6-16(11)20)19(27)15-10-25(2)23-18(15)14-5-3-12(21)8-17(14)22/h3-8,10H,9H2,1-2H3. The van der Waals surface area contributed by atoms with Crippen molar-refractivity contribution in [2.45, 2.75) is 6.54 Å². The van der Waals surface area contributed by atoms with Crippen molar-refractivity contribution in [2.75, 3.05) is 7.05 Å². The van der Waals surface area contributed by atoms with Crippen LogP contribution in [0.3, 0.4) is 0 Å². The van der Waals surface area contributed by atoms with Gasteiger partial charge in [0, 0.05) is 55.6 Å². The Bertz CT molecular complexity index is 1120. The second kappa shape index (κ2) is 7.96. The summed E-state index contributed by atoms with van der Waals surface area (Å²) in [6, 6.07) is 6.94. The van der Waals surface area contributed by atoms with Crippen molar-refractivity contribution in [2.24, 2.45) is 7.05 Å². The van der Waals surface area contributed by atoms with E-state index in [-0.39, 0.29) is 34.1 Å². The first-order valence-corrected chi connectivity index (χ1v) is 8.72. The molecule has 2 aromatic carbocycles. The van der Waals surface area contributed by atoms with Crippen molar-refractivity contribution in [3.63, 3.8) is 0 Å². The Balaban J connectivity index is 1.93. The molecule has 3 aromatic rings. The molecule has 3 rings (SSSR count). The fraction of sp³-hybridized carbons (Fsp3) is 0.158. The van der Waals surface area contributed by atoms with Crippen LogP contribution in [0, 0.1) is 21.7 Å². The molecule has 0 unspecified atom stereocenters. The van der Waals surface area contributed by atoms with Crippen LogP contribution in [0.5, 0.6) is 0 Å². The van der Waals surface area contributed by atoms with Crippen molar-refractivity contribution < 1.29 is 18.5 Å². The topological polar surface area (TPSA) is 81.3 Å². The smallest absolute Gasteiger partial charge is 0.269 e. The Labute approximate surface area is 169 Å². The van der Waals surface area contributed by atoms with Gasteiger partial charge in [-0.2, -0.15) is 5.10 Å². The van der Waals surface area contributed by atoms with Gasteiger partial charge in [-0.05, 0) is 23.8 Å². The van der Waals surface area contributed by atoms with Gasteiger partial charge in [0.1, 0.15) is 17.3 Å². The number of hydrogen-bond donors (Lipinski definition) is 0. The van der Waals surface area contributed by atoms with E-state index in [0.717, 1.165) is 6.07 Å². The number of carbonyl (C=O) groups excluding carboxylic acids is 1. The van der Waals surface area contributed by atoms with Crippen molar-refractivity contribution in [3.05, 3.63) is 80.5 Å². The Kier molecular flexibility index (Phi) is 5.60. The molecular formula is C19H15ClF2N4O3. The number of rotatable bonds is 5. The number of aryl methyl sites for hydroxylation is 1. The molecule has 1 aromatic heterocycles. The molecule has 0 aliphatic carbocycles. The second-order valence-corrected chi connectivity index (χ2v) is 6.79. The number of hydrogen-bond acceptors (Lipinski definition) is 4. The van der Waals surface area contributed by atoms with Gasteiger partial charge < -0.3 is 4.90 Å². The SMILES string of the molecule is CN(Cc1cc([N+](=O)[O-])ccc1Cl)C(=O)c1cn(C)nc1-c1ccc(F)cc1F. The first-order chi connectivity index (χ1) is 13.7. The van der Waals surface area contributed by atoms with E-state index in [0.29, 0.717) is 11.6 Å². The van der Waals surface area contributed by atoms with Gasteiger partial charge in [-0.3, -0.25) is 19.6 Å². The lowest BCUT2D eigenvalue weighted by molar-refractivity contribution is -0.384. The van der Waals surface area contributed by atoms with Crippen molar-refractivity contribution >= 4 is 23.2 Å². The van der Waals surface area contributed by atoms with E-state index in [1.165, 1.54) is 47.1 Å². The highest BCUT2D eigenvalue weighted by Gasteiger charge is 2.23. The number of nitro benzene ring substituents is 1. The number of halogens is 3. The summed E-state index contributed by atoms with van der Waals surface area (Å²) in [4.78, 5) is 24.7. The Hall–Kier alpha value is -3.33. The summed E-state index contributed by atoms with van der Waals surface area (Å²) >= 11 is 6.10. The molecule has 0 bridgehead atoms. The van der Waals surface area contributed by atoms with Crippen LogP contribution in [0.25, 0.3) is 11.3 Å². The van der Waals surface area contributed by atoms with E-state index < -0.39 is 22.5 Å². The summed E-state index contributed by atoms with van der Waals surface area (Å²) in [5.41, 5.74) is 0.377. The third-order valence-electron chi connectivity index (χ3n) is 4.24. The fourth-order valence-electron chi connectivity index (χ4n) is 2.85. The van der Waals surface area contributed by atoms with Crippen LogP contribution >= 0.6 is 11.6 Å². The van der Waals surface area contributed by atoms with E-state index in [1.54, 1.807) is 7.05 Å². The van der Waals surface area contributed by atoms with Gasteiger partial charge >= 0.3 is 0 Å². The van der Waals surface area contributed by atoms with Gasteiger partial charge in [0.05, 0.1) is 10.5 Å². The van der Waals surface area contributed by atoms with E-state index in [9.17, 15) is 23.7 Å². The largest absolute Gasteiger partial charge is 0.337 e. The average Bonchev–Trinajstić information content (AvgIpc) is 3.03. The van der Waals surface area contributed by atoms with Crippen LogP contribution in [0.15, 0.2) is 42.6 Å². The number of benzene rings is 2. The zero-order chi connectivity index (χ0) is 21.3. The summed E-state index contributed by atoms with van der Waals surface area (Å²) in [5, 5.41) is 15.4. The van der Waals surface area contributed by atoms with Gasteiger partial charge in [-0.25, -0.2) is 8.78 Å². The molecule has 0 saturated heterocycles. The number of nitro groups is 1. The predicted molar refractivity (Wildman–Crippen MR) is 102 cm³/mol. The molecule has 0 fully saturated rings. The van der Waals surface area contributed by atoms with Crippen LogP contribution in [0.2, 0.25) is 5.02 Å². The molecule has 1 heterocycles. The monoisotopic (exact) mass is 420 g/mol. The molecule has 10 heteroatoms. The van der Waals surface area contributed by atoms with E-state index in [2.05, 4.69) is 5.10 Å². The van der Waals surface area contributed by atoms with Crippen LogP contribution in [-0.4, -0.2) is 32.6 Å². The summed E-state index contributed by atoms with van der Waals surface area (Å²) in [6.07, 6.45) is 1.42. The molecule has 0 N–H and O–H groups in total. The van der Waals surface area contributed by atoms with E-state index in [1.807, 2.05) is 0 Å². The van der Waals surface area contributed by atoms with Gasteiger partial charge in [0.2, 0.25) is 0 Å².